The summed E-state index contributed by atoms with van der Waals surface area (Å²) in [7, 11) is 0. The molecule has 4 atom stereocenters. The number of phenolic OH excluding ortho intramolecular Hbond substituents is 1. The van der Waals surface area contributed by atoms with Gasteiger partial charge in [0, 0.05) is 35.2 Å². The number of phenols is 1. The SMILES string of the molecule is C=CCc1cccc(C2C3=CCC4C(=O)N(CC)C(=O)C4C3CC3=C2C(=O)C=C(Br)C3=O)c1O. The van der Waals surface area contributed by atoms with E-state index in [9.17, 15) is 24.3 Å². The molecule has 0 saturated carbocycles. The van der Waals surface area contributed by atoms with E-state index >= 15 is 0 Å². The molecule has 1 aliphatic heterocycles. The molecule has 34 heavy (non-hydrogen) atoms. The van der Waals surface area contributed by atoms with Crippen LogP contribution in [0.3, 0.4) is 0 Å². The molecule has 1 saturated heterocycles. The molecule has 1 N–H and O–H groups in total. The number of hydrogen-bond acceptors (Lipinski definition) is 5. The lowest BCUT2D eigenvalue weighted by Crippen LogP contribution is -2.39. The van der Waals surface area contributed by atoms with Crippen LogP contribution in [0, 0.1) is 17.8 Å². The number of ketones is 2. The van der Waals surface area contributed by atoms with Crippen molar-refractivity contribution in [3.05, 3.63) is 75.3 Å². The van der Waals surface area contributed by atoms with Gasteiger partial charge in [0.25, 0.3) is 0 Å². The van der Waals surface area contributed by atoms with E-state index in [1.54, 1.807) is 25.1 Å². The molecule has 4 aliphatic rings. The second-order valence-corrected chi connectivity index (χ2v) is 10.0. The van der Waals surface area contributed by atoms with Crippen molar-refractivity contribution in [2.75, 3.05) is 6.54 Å². The molecule has 4 unspecified atom stereocenters. The largest absolute Gasteiger partial charge is 0.507 e. The van der Waals surface area contributed by atoms with Crippen molar-refractivity contribution in [1.29, 1.82) is 0 Å². The molecular weight excluding hydrogens is 498 g/mol. The number of aromatic hydroxyl groups is 1. The summed E-state index contributed by atoms with van der Waals surface area (Å²) in [5.74, 6) is -3.00. The third-order valence-corrected chi connectivity index (χ3v) is 8.15. The van der Waals surface area contributed by atoms with E-state index in [2.05, 4.69) is 22.5 Å². The van der Waals surface area contributed by atoms with Crippen LogP contribution in [0.2, 0.25) is 0 Å². The Morgan fingerprint density at radius 1 is 1.18 bits per heavy atom. The van der Waals surface area contributed by atoms with Gasteiger partial charge in [-0.3, -0.25) is 24.1 Å². The van der Waals surface area contributed by atoms with Crippen LogP contribution in [0.1, 0.15) is 36.8 Å². The number of rotatable bonds is 4. The van der Waals surface area contributed by atoms with Gasteiger partial charge in [-0.15, -0.1) is 6.58 Å². The molecule has 0 spiro atoms. The Labute approximate surface area is 205 Å². The number of likely N-dealkylation sites (tertiary alicyclic amines) is 1. The molecule has 1 aromatic carbocycles. The van der Waals surface area contributed by atoms with Crippen LogP contribution in [-0.4, -0.2) is 39.9 Å². The van der Waals surface area contributed by atoms with E-state index in [1.165, 1.54) is 11.0 Å². The summed E-state index contributed by atoms with van der Waals surface area (Å²) in [5.41, 5.74) is 2.73. The van der Waals surface area contributed by atoms with Gasteiger partial charge in [0.05, 0.1) is 16.3 Å². The maximum absolute atomic E-state index is 13.3. The Bertz CT molecular complexity index is 1270. The molecule has 0 bridgehead atoms. The van der Waals surface area contributed by atoms with Gasteiger partial charge in [0.2, 0.25) is 11.8 Å². The Hall–Kier alpha value is -3.06. The van der Waals surface area contributed by atoms with Crippen LogP contribution >= 0.6 is 15.9 Å². The number of fused-ring (bicyclic) bond motifs is 3. The Balaban J connectivity index is 1.72. The van der Waals surface area contributed by atoms with Gasteiger partial charge in [-0.25, -0.2) is 0 Å². The average Bonchev–Trinajstić information content (AvgIpc) is 3.07. The molecule has 1 aromatic rings. The molecular formula is C27H24BrNO5. The molecule has 6 nitrogen and oxygen atoms in total. The van der Waals surface area contributed by atoms with Crippen molar-refractivity contribution in [3.63, 3.8) is 0 Å². The van der Waals surface area contributed by atoms with Crippen LogP contribution in [0.25, 0.3) is 0 Å². The predicted molar refractivity (Wildman–Crippen MR) is 129 cm³/mol. The number of carbonyl (C=O) groups excluding carboxylic acids is 4. The van der Waals surface area contributed by atoms with E-state index in [0.29, 0.717) is 41.7 Å². The van der Waals surface area contributed by atoms with E-state index in [4.69, 9.17) is 0 Å². The Morgan fingerprint density at radius 2 is 1.94 bits per heavy atom. The maximum Gasteiger partial charge on any atom is 0.233 e. The number of para-hydroxylation sites is 1. The first-order chi connectivity index (χ1) is 16.3. The molecule has 2 amide bonds. The molecule has 174 valence electrons. The van der Waals surface area contributed by atoms with Gasteiger partial charge < -0.3 is 5.11 Å². The zero-order chi connectivity index (χ0) is 24.3. The van der Waals surface area contributed by atoms with Crippen molar-refractivity contribution >= 4 is 39.3 Å². The summed E-state index contributed by atoms with van der Waals surface area (Å²) < 4.78 is 0.184. The fourth-order valence-corrected chi connectivity index (χ4v) is 6.55. The zero-order valence-corrected chi connectivity index (χ0v) is 20.3. The highest BCUT2D eigenvalue weighted by Crippen LogP contribution is 2.56. The van der Waals surface area contributed by atoms with Gasteiger partial charge in [-0.05, 0) is 53.6 Å². The minimum absolute atomic E-state index is 0.0563. The number of hydrogen-bond donors (Lipinski definition) is 1. The number of allylic oxidation sites excluding steroid dienone is 7. The van der Waals surface area contributed by atoms with E-state index in [-0.39, 0.29) is 40.0 Å². The molecule has 0 radical (unpaired) electrons. The maximum atomic E-state index is 13.3. The summed E-state index contributed by atoms with van der Waals surface area (Å²) in [6, 6.07) is 5.37. The smallest absolute Gasteiger partial charge is 0.233 e. The molecule has 1 heterocycles. The van der Waals surface area contributed by atoms with Crippen molar-refractivity contribution in [2.24, 2.45) is 17.8 Å². The number of amides is 2. The predicted octanol–water partition coefficient (Wildman–Crippen LogP) is 3.90. The quantitative estimate of drug-likeness (QED) is 0.368. The highest BCUT2D eigenvalue weighted by Gasteiger charge is 2.56. The van der Waals surface area contributed by atoms with Gasteiger partial charge >= 0.3 is 0 Å². The van der Waals surface area contributed by atoms with Crippen LogP contribution in [0.4, 0.5) is 0 Å². The van der Waals surface area contributed by atoms with Crippen LogP contribution < -0.4 is 0 Å². The lowest BCUT2D eigenvalue weighted by Gasteiger charge is -2.42. The van der Waals surface area contributed by atoms with Gasteiger partial charge in [-0.2, -0.15) is 0 Å². The van der Waals surface area contributed by atoms with Crippen molar-refractivity contribution < 1.29 is 24.3 Å². The first-order valence-electron chi connectivity index (χ1n) is 11.5. The van der Waals surface area contributed by atoms with Crippen LogP contribution in [0.5, 0.6) is 5.75 Å². The molecule has 5 rings (SSSR count). The molecule has 1 fully saturated rings. The van der Waals surface area contributed by atoms with Crippen LogP contribution in [-0.2, 0) is 25.6 Å². The fourth-order valence-electron chi connectivity index (χ4n) is 6.10. The second-order valence-electron chi connectivity index (χ2n) is 9.16. The normalized spacial score (nSPS) is 28.4. The highest BCUT2D eigenvalue weighted by molar-refractivity contribution is 9.12. The summed E-state index contributed by atoms with van der Waals surface area (Å²) in [6.07, 6.45) is 5.99. The Morgan fingerprint density at radius 3 is 2.65 bits per heavy atom. The number of halogens is 1. The summed E-state index contributed by atoms with van der Waals surface area (Å²) in [4.78, 5) is 53.9. The summed E-state index contributed by atoms with van der Waals surface area (Å²) in [6.45, 7) is 5.83. The third kappa shape index (κ3) is 3.13. The molecule has 0 aromatic heterocycles. The summed E-state index contributed by atoms with van der Waals surface area (Å²) >= 11 is 3.22. The van der Waals surface area contributed by atoms with Crippen LogP contribution in [0.15, 0.2) is 64.2 Å². The first-order valence-corrected chi connectivity index (χ1v) is 12.2. The van der Waals surface area contributed by atoms with E-state index in [1.807, 2.05) is 12.1 Å². The Kier molecular flexibility index (Phi) is 5.55. The minimum Gasteiger partial charge on any atom is -0.507 e. The standard InChI is InChI=1S/C27H24BrNO5/c1-3-6-13-7-5-8-15(24(13)31)21-14-9-10-16-22(27(34)29(4-2)26(16)33)17(14)11-18-23(21)20(30)12-19(28)25(18)32/h3,5,7-9,12,16-17,21-22,31H,1,4,6,10-11H2,2H3. The number of benzene rings is 1. The second kappa shape index (κ2) is 8.31. The van der Waals surface area contributed by atoms with Crippen molar-refractivity contribution in [2.45, 2.75) is 32.1 Å². The number of Topliss-reactive ketones (excluding diaryl/α,β-unsaturated/α-hetero) is 1. The minimum atomic E-state index is -0.661. The number of imide groups is 1. The monoisotopic (exact) mass is 521 g/mol. The summed E-state index contributed by atoms with van der Waals surface area (Å²) in [5, 5.41) is 11.2. The van der Waals surface area contributed by atoms with Crippen molar-refractivity contribution in [1.82, 2.24) is 4.90 Å². The first kappa shape index (κ1) is 22.7. The van der Waals surface area contributed by atoms with Gasteiger partial charge in [0.1, 0.15) is 5.75 Å². The van der Waals surface area contributed by atoms with Gasteiger partial charge in [0.15, 0.2) is 11.6 Å². The molecule has 7 heteroatoms. The zero-order valence-electron chi connectivity index (χ0n) is 18.7. The fraction of sp³-hybridized carbons (Fsp3) is 0.333. The van der Waals surface area contributed by atoms with Gasteiger partial charge in [-0.1, -0.05) is 35.9 Å². The number of nitrogens with zero attached hydrogens (tertiary/aromatic N) is 1. The lowest BCUT2D eigenvalue weighted by molar-refractivity contribution is -0.139. The van der Waals surface area contributed by atoms with E-state index < -0.39 is 23.7 Å². The average molecular weight is 522 g/mol. The lowest BCUT2D eigenvalue weighted by atomic mass is 9.59. The van der Waals surface area contributed by atoms with Crippen molar-refractivity contribution in [3.8, 4) is 5.75 Å². The number of carbonyl (C=O) groups is 4. The molecule has 3 aliphatic carbocycles. The topological polar surface area (TPSA) is 91.8 Å². The third-order valence-electron chi connectivity index (χ3n) is 7.56. The highest BCUT2D eigenvalue weighted by atomic mass is 79.9. The van der Waals surface area contributed by atoms with E-state index in [0.717, 1.165) is 5.57 Å².